The largest absolute Gasteiger partial charge is 0.497 e. The van der Waals surface area contributed by atoms with Gasteiger partial charge in [-0.1, -0.05) is 12.1 Å². The summed E-state index contributed by atoms with van der Waals surface area (Å²) in [5, 5.41) is 0. The minimum absolute atomic E-state index is 0.00951. The van der Waals surface area contributed by atoms with E-state index in [-0.39, 0.29) is 18.4 Å². The van der Waals surface area contributed by atoms with E-state index in [1.54, 1.807) is 16.9 Å². The number of methoxy groups -OCH3 is 1. The van der Waals surface area contributed by atoms with E-state index in [4.69, 9.17) is 4.74 Å². The third-order valence-electron chi connectivity index (χ3n) is 4.32. The van der Waals surface area contributed by atoms with Crippen LogP contribution in [0, 0.1) is 0 Å². The zero-order valence-corrected chi connectivity index (χ0v) is 15.0. The molecule has 0 aliphatic carbocycles. The fourth-order valence-electron chi connectivity index (χ4n) is 2.91. The highest BCUT2D eigenvalue weighted by atomic mass is 16.5. The molecule has 6 heteroatoms. The second kappa shape index (κ2) is 8.15. The molecule has 24 heavy (non-hydrogen) atoms. The lowest BCUT2D eigenvalue weighted by atomic mass is 10.1. The number of nitrogens with zero attached hydrogens (tertiary/aromatic N) is 3. The van der Waals surface area contributed by atoms with Gasteiger partial charge < -0.3 is 19.4 Å². The first kappa shape index (κ1) is 18.3. The summed E-state index contributed by atoms with van der Waals surface area (Å²) < 4.78 is 5.14. The van der Waals surface area contributed by atoms with Crippen molar-refractivity contribution in [2.75, 3.05) is 40.8 Å². The molecule has 1 saturated heterocycles. The molecule has 1 aliphatic rings. The van der Waals surface area contributed by atoms with E-state index >= 15 is 0 Å². The molecule has 0 aromatic heterocycles. The Morgan fingerprint density at radius 1 is 1.21 bits per heavy atom. The van der Waals surface area contributed by atoms with Crippen molar-refractivity contribution in [3.05, 3.63) is 29.8 Å². The highest BCUT2D eigenvalue weighted by molar-refractivity contribution is 5.94. The summed E-state index contributed by atoms with van der Waals surface area (Å²) in [6.07, 6.45) is 0.870. The molecule has 1 heterocycles. The summed E-state index contributed by atoms with van der Waals surface area (Å²) in [5.74, 6) is 0.810. The summed E-state index contributed by atoms with van der Waals surface area (Å²) >= 11 is 0. The van der Waals surface area contributed by atoms with Crippen LogP contribution in [-0.2, 0) is 16.1 Å². The summed E-state index contributed by atoms with van der Waals surface area (Å²) in [5.41, 5.74) is 0.991. The highest BCUT2D eigenvalue weighted by Crippen LogP contribution is 2.18. The Labute approximate surface area is 144 Å². The predicted molar refractivity (Wildman–Crippen MR) is 92.8 cm³/mol. The molecule has 0 saturated carbocycles. The molecule has 1 aromatic carbocycles. The van der Waals surface area contributed by atoms with Gasteiger partial charge in [-0.2, -0.15) is 0 Å². The number of amides is 2. The van der Waals surface area contributed by atoms with Crippen molar-refractivity contribution in [1.29, 1.82) is 0 Å². The molecule has 132 valence electrons. The molecule has 0 unspecified atom stereocenters. The summed E-state index contributed by atoms with van der Waals surface area (Å²) in [6, 6.07) is 7.17. The van der Waals surface area contributed by atoms with E-state index in [0.29, 0.717) is 13.1 Å². The van der Waals surface area contributed by atoms with Crippen LogP contribution in [0.15, 0.2) is 24.3 Å². The third-order valence-corrected chi connectivity index (χ3v) is 4.32. The Morgan fingerprint density at radius 2 is 1.88 bits per heavy atom. The van der Waals surface area contributed by atoms with Crippen molar-refractivity contribution in [2.45, 2.75) is 25.9 Å². The first-order valence-electron chi connectivity index (χ1n) is 8.28. The third kappa shape index (κ3) is 4.47. The van der Waals surface area contributed by atoms with Crippen LogP contribution < -0.4 is 4.74 Å². The van der Waals surface area contributed by atoms with Gasteiger partial charge in [-0.15, -0.1) is 0 Å². The lowest BCUT2D eigenvalue weighted by molar-refractivity contribution is -0.155. The quantitative estimate of drug-likeness (QED) is 0.753. The van der Waals surface area contributed by atoms with Crippen LogP contribution in [0.25, 0.3) is 0 Å². The maximum Gasteiger partial charge on any atom is 0.245 e. The van der Waals surface area contributed by atoms with Crippen molar-refractivity contribution in [2.24, 2.45) is 0 Å². The Hall–Kier alpha value is -2.08. The van der Waals surface area contributed by atoms with Gasteiger partial charge in [0.1, 0.15) is 18.3 Å². The minimum Gasteiger partial charge on any atom is -0.497 e. The fourth-order valence-corrected chi connectivity index (χ4v) is 2.91. The number of piperazine rings is 1. The standard InChI is InChI=1S/C18H27N3O3/c1-14-18(23)20(12-15-6-8-16(24-4)9-7-15)13-17(22)21(14)11-5-10-19(2)3/h6-9,14H,5,10-13H2,1-4H3/t14-/m0/s1. The van der Waals surface area contributed by atoms with E-state index < -0.39 is 6.04 Å². The van der Waals surface area contributed by atoms with Gasteiger partial charge in [0, 0.05) is 13.1 Å². The lowest BCUT2D eigenvalue weighted by Gasteiger charge is -2.39. The fraction of sp³-hybridized carbons (Fsp3) is 0.556. The van der Waals surface area contributed by atoms with Crippen LogP contribution in [0.4, 0.5) is 0 Å². The van der Waals surface area contributed by atoms with Crippen molar-refractivity contribution < 1.29 is 14.3 Å². The van der Waals surface area contributed by atoms with Crippen LogP contribution in [0.3, 0.4) is 0 Å². The normalized spacial score (nSPS) is 18.5. The number of rotatable bonds is 7. The monoisotopic (exact) mass is 333 g/mol. The lowest BCUT2D eigenvalue weighted by Crippen LogP contribution is -2.58. The average Bonchev–Trinajstić information content (AvgIpc) is 2.56. The van der Waals surface area contributed by atoms with Crippen molar-refractivity contribution in [3.8, 4) is 5.75 Å². The molecule has 1 aliphatic heterocycles. The summed E-state index contributed by atoms with van der Waals surface area (Å²) in [6.45, 7) is 3.94. The second-order valence-electron chi connectivity index (χ2n) is 6.46. The molecule has 1 atom stereocenters. The number of ether oxygens (including phenoxy) is 1. The zero-order chi connectivity index (χ0) is 17.7. The molecule has 2 amide bonds. The Balaban J connectivity index is 1.97. The van der Waals surface area contributed by atoms with Gasteiger partial charge in [0.25, 0.3) is 0 Å². The predicted octanol–water partition coefficient (Wildman–Crippen LogP) is 1.21. The van der Waals surface area contributed by atoms with Gasteiger partial charge in [0.05, 0.1) is 7.11 Å². The molecule has 2 rings (SSSR count). The van der Waals surface area contributed by atoms with Gasteiger partial charge in [0.15, 0.2) is 0 Å². The first-order valence-corrected chi connectivity index (χ1v) is 8.28. The number of benzene rings is 1. The van der Waals surface area contributed by atoms with Gasteiger partial charge >= 0.3 is 0 Å². The van der Waals surface area contributed by atoms with Gasteiger partial charge in [-0.05, 0) is 51.7 Å². The van der Waals surface area contributed by atoms with E-state index in [0.717, 1.165) is 24.3 Å². The Morgan fingerprint density at radius 3 is 2.46 bits per heavy atom. The molecule has 0 N–H and O–H groups in total. The van der Waals surface area contributed by atoms with Crippen molar-refractivity contribution in [3.63, 3.8) is 0 Å². The summed E-state index contributed by atoms with van der Waals surface area (Å²) in [7, 11) is 5.63. The van der Waals surface area contributed by atoms with Crippen molar-refractivity contribution >= 4 is 11.8 Å². The Kier molecular flexibility index (Phi) is 6.20. The van der Waals surface area contributed by atoms with Gasteiger partial charge in [-0.3, -0.25) is 9.59 Å². The van der Waals surface area contributed by atoms with Crippen LogP contribution in [0.5, 0.6) is 5.75 Å². The number of hydrogen-bond acceptors (Lipinski definition) is 4. The van der Waals surface area contributed by atoms with Crippen LogP contribution in [0.1, 0.15) is 18.9 Å². The van der Waals surface area contributed by atoms with Crippen LogP contribution >= 0.6 is 0 Å². The first-order chi connectivity index (χ1) is 11.4. The molecule has 1 fully saturated rings. The van der Waals surface area contributed by atoms with E-state index in [1.807, 2.05) is 45.3 Å². The van der Waals surface area contributed by atoms with E-state index in [1.165, 1.54) is 0 Å². The maximum atomic E-state index is 12.6. The van der Waals surface area contributed by atoms with Crippen molar-refractivity contribution in [1.82, 2.24) is 14.7 Å². The van der Waals surface area contributed by atoms with Crippen LogP contribution in [-0.4, -0.2) is 73.4 Å². The number of carbonyl (C=O) groups is 2. The highest BCUT2D eigenvalue weighted by Gasteiger charge is 2.35. The molecular weight excluding hydrogens is 306 g/mol. The zero-order valence-electron chi connectivity index (χ0n) is 15.0. The maximum absolute atomic E-state index is 12.6. The molecule has 0 spiro atoms. The summed E-state index contributed by atoms with van der Waals surface area (Å²) in [4.78, 5) is 30.4. The topological polar surface area (TPSA) is 53.1 Å². The van der Waals surface area contributed by atoms with E-state index in [2.05, 4.69) is 4.90 Å². The molecule has 0 radical (unpaired) electrons. The minimum atomic E-state index is -0.397. The molecule has 1 aromatic rings. The number of carbonyl (C=O) groups excluding carboxylic acids is 2. The molecule has 0 bridgehead atoms. The van der Waals surface area contributed by atoms with Gasteiger partial charge in [-0.25, -0.2) is 0 Å². The second-order valence-corrected chi connectivity index (χ2v) is 6.46. The number of hydrogen-bond donors (Lipinski definition) is 0. The average molecular weight is 333 g/mol. The Bertz CT molecular complexity index is 571. The molecular formula is C18H27N3O3. The SMILES string of the molecule is COc1ccc(CN2CC(=O)N(CCCN(C)C)[C@@H](C)C2=O)cc1. The van der Waals surface area contributed by atoms with Gasteiger partial charge in [0.2, 0.25) is 11.8 Å². The smallest absolute Gasteiger partial charge is 0.245 e. The molecule has 6 nitrogen and oxygen atoms in total. The van der Waals surface area contributed by atoms with E-state index in [9.17, 15) is 9.59 Å². The van der Waals surface area contributed by atoms with Crippen LogP contribution in [0.2, 0.25) is 0 Å².